The van der Waals surface area contributed by atoms with Crippen molar-refractivity contribution in [1.82, 2.24) is 10.2 Å². The summed E-state index contributed by atoms with van der Waals surface area (Å²) in [6.45, 7) is 6.80. The molecule has 3 atom stereocenters. The van der Waals surface area contributed by atoms with Crippen LogP contribution in [0.5, 0.6) is 11.5 Å². The number of carbonyl (C=O) groups is 1. The maximum Gasteiger partial charge on any atom is 0.258 e. The maximum absolute atomic E-state index is 12.1. The molecule has 2 N–H and O–H groups in total. The van der Waals surface area contributed by atoms with Gasteiger partial charge in [-0.3, -0.25) is 9.69 Å². The quantitative estimate of drug-likeness (QED) is 0.851. The summed E-state index contributed by atoms with van der Waals surface area (Å²) in [5.41, 5.74) is 0. The van der Waals surface area contributed by atoms with Crippen LogP contribution in [0.4, 0.5) is 0 Å². The number of nitrogens with zero attached hydrogens (tertiary/aromatic N) is 1. The molecule has 1 amide bonds. The summed E-state index contributed by atoms with van der Waals surface area (Å²) < 4.78 is 11.3. The van der Waals surface area contributed by atoms with Gasteiger partial charge in [0, 0.05) is 25.2 Å². The average molecular weight is 334 g/mol. The molecule has 0 spiro atoms. The predicted molar refractivity (Wildman–Crippen MR) is 90.1 cm³/mol. The molecule has 0 bridgehead atoms. The fraction of sp³-hybridized carbons (Fsp3) is 0.611. The van der Waals surface area contributed by atoms with E-state index >= 15 is 0 Å². The molecule has 0 aromatic heterocycles. The summed E-state index contributed by atoms with van der Waals surface area (Å²) in [6.07, 6.45) is 1.19. The topological polar surface area (TPSA) is 71.0 Å². The lowest BCUT2D eigenvalue weighted by atomic mass is 10.0. The Morgan fingerprint density at radius 1 is 1.42 bits per heavy atom. The van der Waals surface area contributed by atoms with E-state index in [1.54, 1.807) is 18.2 Å². The Morgan fingerprint density at radius 3 is 2.96 bits per heavy atom. The van der Waals surface area contributed by atoms with Crippen molar-refractivity contribution in [3.05, 3.63) is 24.3 Å². The lowest BCUT2D eigenvalue weighted by Crippen LogP contribution is -2.48. The van der Waals surface area contributed by atoms with Gasteiger partial charge in [0.15, 0.2) is 18.1 Å². The second-order valence-electron chi connectivity index (χ2n) is 6.98. The molecule has 0 unspecified atom stereocenters. The zero-order valence-electron chi connectivity index (χ0n) is 14.3. The van der Waals surface area contributed by atoms with Gasteiger partial charge in [0.25, 0.3) is 5.91 Å². The van der Waals surface area contributed by atoms with E-state index in [1.807, 2.05) is 0 Å². The lowest BCUT2D eigenvalue weighted by molar-refractivity contribution is -0.123. The molecule has 6 nitrogen and oxygen atoms in total. The number of phenolic OH excluding ortho intramolecular Hbond substituents is 1. The molecule has 0 saturated carbocycles. The minimum absolute atomic E-state index is 0.0418. The van der Waals surface area contributed by atoms with Gasteiger partial charge in [0.2, 0.25) is 0 Å². The molecule has 2 saturated heterocycles. The van der Waals surface area contributed by atoms with E-state index in [0.29, 0.717) is 17.7 Å². The molecular weight excluding hydrogens is 308 g/mol. The SMILES string of the molecule is CC(C)[C@@H]1CN2C[C@H](NC(=O)COc3ccccc3O)C[C@H]2CO1. The van der Waals surface area contributed by atoms with Gasteiger partial charge < -0.3 is 19.9 Å². The van der Waals surface area contributed by atoms with E-state index in [2.05, 4.69) is 24.1 Å². The molecule has 2 aliphatic rings. The predicted octanol–water partition coefficient (Wildman–Crippen LogP) is 1.38. The van der Waals surface area contributed by atoms with Crippen molar-refractivity contribution in [3.8, 4) is 11.5 Å². The Balaban J connectivity index is 1.45. The zero-order valence-corrected chi connectivity index (χ0v) is 14.3. The maximum atomic E-state index is 12.1. The Kier molecular flexibility index (Phi) is 5.26. The number of fused-ring (bicyclic) bond motifs is 1. The number of para-hydroxylation sites is 2. The molecule has 24 heavy (non-hydrogen) atoms. The van der Waals surface area contributed by atoms with E-state index < -0.39 is 0 Å². The molecule has 0 aliphatic carbocycles. The summed E-state index contributed by atoms with van der Waals surface area (Å²) in [5, 5.41) is 12.7. The van der Waals surface area contributed by atoms with Crippen molar-refractivity contribution in [2.45, 2.75) is 38.5 Å². The number of aromatic hydroxyl groups is 1. The number of hydrogen-bond donors (Lipinski definition) is 2. The van der Waals surface area contributed by atoms with Crippen LogP contribution in [0.3, 0.4) is 0 Å². The molecule has 6 heteroatoms. The monoisotopic (exact) mass is 334 g/mol. The van der Waals surface area contributed by atoms with Gasteiger partial charge in [-0.25, -0.2) is 0 Å². The first-order chi connectivity index (χ1) is 11.5. The van der Waals surface area contributed by atoms with Crippen molar-refractivity contribution in [2.75, 3.05) is 26.3 Å². The van der Waals surface area contributed by atoms with E-state index in [4.69, 9.17) is 9.47 Å². The number of rotatable bonds is 5. The zero-order chi connectivity index (χ0) is 17.1. The highest BCUT2D eigenvalue weighted by molar-refractivity contribution is 5.78. The van der Waals surface area contributed by atoms with E-state index in [0.717, 1.165) is 26.1 Å². The van der Waals surface area contributed by atoms with Crippen LogP contribution < -0.4 is 10.1 Å². The van der Waals surface area contributed by atoms with Crippen molar-refractivity contribution >= 4 is 5.91 Å². The lowest BCUT2D eigenvalue weighted by Gasteiger charge is -2.36. The number of carbonyl (C=O) groups excluding carboxylic acids is 1. The third-order valence-corrected chi connectivity index (χ3v) is 4.78. The van der Waals surface area contributed by atoms with Crippen LogP contribution in [0, 0.1) is 5.92 Å². The second-order valence-corrected chi connectivity index (χ2v) is 6.98. The minimum Gasteiger partial charge on any atom is -0.504 e. The van der Waals surface area contributed by atoms with Gasteiger partial charge in [0.1, 0.15) is 0 Å². The molecule has 1 aromatic carbocycles. The minimum atomic E-state index is -0.163. The molecule has 3 rings (SSSR count). The number of ether oxygens (including phenoxy) is 2. The molecule has 0 radical (unpaired) electrons. The summed E-state index contributed by atoms with van der Waals surface area (Å²) in [5.74, 6) is 0.709. The second kappa shape index (κ2) is 7.40. The number of phenols is 1. The summed E-state index contributed by atoms with van der Waals surface area (Å²) in [4.78, 5) is 14.5. The largest absolute Gasteiger partial charge is 0.504 e. The number of benzene rings is 1. The first-order valence-electron chi connectivity index (χ1n) is 8.58. The Morgan fingerprint density at radius 2 is 2.21 bits per heavy atom. The van der Waals surface area contributed by atoms with Gasteiger partial charge in [-0.1, -0.05) is 26.0 Å². The van der Waals surface area contributed by atoms with E-state index in [-0.39, 0.29) is 30.4 Å². The van der Waals surface area contributed by atoms with Crippen molar-refractivity contribution in [3.63, 3.8) is 0 Å². The van der Waals surface area contributed by atoms with Gasteiger partial charge in [-0.2, -0.15) is 0 Å². The molecule has 2 fully saturated rings. The molecular formula is C18H26N2O4. The molecule has 2 heterocycles. The molecule has 2 aliphatic heterocycles. The number of amides is 1. The number of hydrogen-bond acceptors (Lipinski definition) is 5. The fourth-order valence-electron chi connectivity index (χ4n) is 3.40. The third-order valence-electron chi connectivity index (χ3n) is 4.78. The smallest absolute Gasteiger partial charge is 0.258 e. The van der Waals surface area contributed by atoms with Gasteiger partial charge >= 0.3 is 0 Å². The third kappa shape index (κ3) is 3.99. The van der Waals surface area contributed by atoms with Crippen LogP contribution in [-0.4, -0.2) is 60.4 Å². The molecule has 132 valence electrons. The average Bonchev–Trinajstić information content (AvgIpc) is 2.95. The van der Waals surface area contributed by atoms with E-state index in [9.17, 15) is 9.90 Å². The van der Waals surface area contributed by atoms with Gasteiger partial charge in [0.05, 0.1) is 12.7 Å². The highest BCUT2D eigenvalue weighted by Crippen LogP contribution is 2.26. The number of morpholine rings is 1. The Labute approximate surface area is 142 Å². The van der Waals surface area contributed by atoms with Gasteiger partial charge in [-0.05, 0) is 24.5 Å². The van der Waals surface area contributed by atoms with Crippen LogP contribution in [0.1, 0.15) is 20.3 Å². The summed E-state index contributed by atoms with van der Waals surface area (Å²) in [7, 11) is 0. The van der Waals surface area contributed by atoms with Crippen LogP contribution in [0.2, 0.25) is 0 Å². The Bertz CT molecular complexity index is 578. The van der Waals surface area contributed by atoms with E-state index in [1.165, 1.54) is 6.07 Å². The first-order valence-corrected chi connectivity index (χ1v) is 8.58. The number of nitrogens with one attached hydrogen (secondary N) is 1. The molecule has 1 aromatic rings. The standard InChI is InChI=1S/C18H26N2O4/c1-12(2)17-9-20-8-13(7-14(20)10-23-17)19-18(22)11-24-16-6-4-3-5-15(16)21/h3-6,12-14,17,21H,7-11H2,1-2H3,(H,19,22)/t13-,14+,17+/m1/s1. The highest BCUT2D eigenvalue weighted by Gasteiger charge is 2.38. The normalized spacial score (nSPS) is 27.0. The van der Waals surface area contributed by atoms with Crippen LogP contribution in [-0.2, 0) is 9.53 Å². The summed E-state index contributed by atoms with van der Waals surface area (Å²) >= 11 is 0. The highest BCUT2D eigenvalue weighted by atomic mass is 16.5. The fourth-order valence-corrected chi connectivity index (χ4v) is 3.40. The first kappa shape index (κ1) is 17.0. The Hall–Kier alpha value is -1.79. The summed E-state index contributed by atoms with van der Waals surface area (Å²) in [6, 6.07) is 7.17. The van der Waals surface area contributed by atoms with Crippen LogP contribution in [0.15, 0.2) is 24.3 Å². The van der Waals surface area contributed by atoms with Crippen molar-refractivity contribution in [1.29, 1.82) is 0 Å². The van der Waals surface area contributed by atoms with Gasteiger partial charge in [-0.15, -0.1) is 0 Å². The van der Waals surface area contributed by atoms with Crippen molar-refractivity contribution in [2.24, 2.45) is 5.92 Å². The van der Waals surface area contributed by atoms with Crippen LogP contribution in [0.25, 0.3) is 0 Å². The van der Waals surface area contributed by atoms with Crippen molar-refractivity contribution < 1.29 is 19.4 Å². The van der Waals surface area contributed by atoms with Crippen LogP contribution >= 0.6 is 0 Å².